The molecule has 4 rings (SSSR count). The van der Waals surface area contributed by atoms with E-state index in [1.165, 1.54) is 6.20 Å². The summed E-state index contributed by atoms with van der Waals surface area (Å²) in [5, 5.41) is 0.0989. The number of H-pyrrole nitrogens is 1. The Hall–Kier alpha value is -2.86. The Morgan fingerprint density at radius 2 is 1.84 bits per heavy atom. The van der Waals surface area contributed by atoms with Gasteiger partial charge in [0.25, 0.3) is 0 Å². The van der Waals surface area contributed by atoms with Crippen LogP contribution in [0.15, 0.2) is 52.2 Å². The number of aryl methyl sites for hydroxylation is 1. The fourth-order valence-electron chi connectivity index (χ4n) is 4.69. The minimum atomic E-state index is -1.98. The molecule has 9 nitrogen and oxygen atoms in total. The lowest BCUT2D eigenvalue weighted by atomic mass is 9.81. The van der Waals surface area contributed by atoms with Crippen molar-refractivity contribution in [2.75, 3.05) is 13.2 Å². The van der Waals surface area contributed by atoms with E-state index >= 15 is 0 Å². The molecule has 0 aliphatic carbocycles. The van der Waals surface area contributed by atoms with Gasteiger partial charge in [-0.25, -0.2) is 4.99 Å². The van der Waals surface area contributed by atoms with Gasteiger partial charge in [0.2, 0.25) is 8.32 Å². The number of aliphatic imine (C=N–C) groups is 2. The number of rotatable bonds is 9. The van der Waals surface area contributed by atoms with Crippen molar-refractivity contribution in [3.8, 4) is 5.75 Å². The van der Waals surface area contributed by atoms with Crippen LogP contribution in [0.5, 0.6) is 5.75 Å². The van der Waals surface area contributed by atoms with E-state index in [1.807, 2.05) is 52.1 Å². The molecule has 1 atom stereocenters. The Morgan fingerprint density at radius 3 is 2.40 bits per heavy atom. The molecule has 0 spiro atoms. The van der Waals surface area contributed by atoms with Gasteiger partial charge < -0.3 is 34.9 Å². The van der Waals surface area contributed by atoms with Crippen LogP contribution in [-0.4, -0.2) is 62.4 Å². The van der Waals surface area contributed by atoms with E-state index in [9.17, 15) is 0 Å². The number of aromatic amines is 1. The van der Waals surface area contributed by atoms with Crippen LogP contribution in [0.3, 0.4) is 0 Å². The van der Waals surface area contributed by atoms with Crippen LogP contribution in [0.2, 0.25) is 18.1 Å². The smallest absolute Gasteiger partial charge is 0.496 e. The highest BCUT2D eigenvalue weighted by molar-refractivity contribution is 6.74. The van der Waals surface area contributed by atoms with E-state index in [0.717, 1.165) is 41.0 Å². The molecular formula is C32H50BN5O4Si. The van der Waals surface area contributed by atoms with Crippen LogP contribution in [-0.2, 0) is 20.5 Å². The minimum Gasteiger partial charge on any atom is -0.543 e. The number of ether oxygens (including phenoxy) is 1. The van der Waals surface area contributed by atoms with Gasteiger partial charge in [-0.2, -0.15) is 0 Å². The van der Waals surface area contributed by atoms with Crippen molar-refractivity contribution in [2.24, 2.45) is 21.5 Å². The van der Waals surface area contributed by atoms with Crippen LogP contribution in [0.25, 0.3) is 0 Å². The first-order valence-corrected chi connectivity index (χ1v) is 18.2. The summed E-state index contributed by atoms with van der Waals surface area (Å²) in [6.07, 6.45) is 4.95. The fourth-order valence-corrected chi connectivity index (χ4v) is 5.72. The lowest BCUT2D eigenvalue weighted by Gasteiger charge is -2.36. The van der Waals surface area contributed by atoms with Crippen LogP contribution in [0, 0.1) is 0 Å². The third kappa shape index (κ3) is 7.11. The minimum absolute atomic E-state index is 0.0145. The SMILES string of the molecule is CCc1cc(O[Si](C)(C)C(C)(C)C)ccc1N=C(N)C(=CN)C(=N[C@H]1CCOC1)c1cc(B2OC(C)(C)C(C)(C)O2)c[nH]1. The Bertz CT molecular complexity index is 1380. The fraction of sp³-hybridized carbons (Fsp3) is 0.562. The average molecular weight is 608 g/mol. The first kappa shape index (κ1) is 33.0. The molecule has 234 valence electrons. The largest absolute Gasteiger partial charge is 0.543 e. The molecule has 2 aromatic rings. The van der Waals surface area contributed by atoms with Gasteiger partial charge in [0.05, 0.1) is 46.5 Å². The Morgan fingerprint density at radius 1 is 1.16 bits per heavy atom. The molecule has 1 aromatic heterocycles. The molecule has 2 aliphatic rings. The molecule has 3 heterocycles. The monoisotopic (exact) mass is 607 g/mol. The van der Waals surface area contributed by atoms with Gasteiger partial charge in [0, 0.05) is 24.5 Å². The second kappa shape index (κ2) is 12.3. The topological polar surface area (TPSA) is 129 Å². The second-order valence-electron chi connectivity index (χ2n) is 14.0. The van der Waals surface area contributed by atoms with Gasteiger partial charge in [-0.3, -0.25) is 4.99 Å². The maximum absolute atomic E-state index is 6.70. The van der Waals surface area contributed by atoms with Crippen LogP contribution >= 0.6 is 0 Å². The van der Waals surface area contributed by atoms with E-state index in [1.54, 1.807) is 0 Å². The van der Waals surface area contributed by atoms with Crippen molar-refractivity contribution < 1.29 is 18.5 Å². The first-order chi connectivity index (χ1) is 20.0. The average Bonchev–Trinajstić information content (AvgIpc) is 3.64. The Balaban J connectivity index is 1.67. The molecule has 0 amide bonds. The standard InChI is InChI=1S/C32H50BN5O4Si/c1-11-21-16-24(40-43(9,10)30(2,3)4)12-13-26(21)38-29(35)25(18-34)28(37-23-14-15-39-20-23)27-17-22(19-36-27)33-41-31(5,6)32(7,8)42-33/h12-13,16-19,23,36H,11,14-15,20,34H2,1-10H3,(H2,35,38)/t23-/m0/s1. The molecular weight excluding hydrogens is 557 g/mol. The number of benzene rings is 1. The third-order valence-corrected chi connectivity index (χ3v) is 13.6. The van der Waals surface area contributed by atoms with Gasteiger partial charge in [-0.15, -0.1) is 0 Å². The summed E-state index contributed by atoms with van der Waals surface area (Å²) in [6.45, 7) is 22.7. The van der Waals surface area contributed by atoms with Crippen LogP contribution < -0.4 is 21.4 Å². The van der Waals surface area contributed by atoms with E-state index in [-0.39, 0.29) is 16.9 Å². The number of nitrogens with zero attached hydrogens (tertiary/aromatic N) is 2. The number of amidine groups is 1. The molecule has 43 heavy (non-hydrogen) atoms. The zero-order chi connectivity index (χ0) is 31.8. The summed E-state index contributed by atoms with van der Waals surface area (Å²) >= 11 is 0. The maximum atomic E-state index is 6.70. The van der Waals surface area contributed by atoms with Gasteiger partial charge in [0.1, 0.15) is 11.6 Å². The molecule has 2 fully saturated rings. The first-order valence-electron chi connectivity index (χ1n) is 15.3. The normalized spacial score (nSPS) is 21.5. The highest BCUT2D eigenvalue weighted by Crippen LogP contribution is 2.39. The summed E-state index contributed by atoms with van der Waals surface area (Å²) in [4.78, 5) is 13.3. The van der Waals surface area contributed by atoms with Gasteiger partial charge >= 0.3 is 7.12 Å². The van der Waals surface area contributed by atoms with Crippen LogP contribution in [0.4, 0.5) is 5.69 Å². The quantitative estimate of drug-likeness (QED) is 0.200. The molecule has 0 radical (unpaired) electrons. The van der Waals surface area contributed by atoms with E-state index in [0.29, 0.717) is 24.5 Å². The predicted molar refractivity (Wildman–Crippen MR) is 179 cm³/mol. The Labute approximate surface area is 258 Å². The lowest BCUT2D eigenvalue weighted by molar-refractivity contribution is 0.00578. The highest BCUT2D eigenvalue weighted by atomic mass is 28.4. The van der Waals surface area contributed by atoms with Crippen molar-refractivity contribution in [3.63, 3.8) is 0 Å². The summed E-state index contributed by atoms with van der Waals surface area (Å²) in [6, 6.07) is 7.99. The summed E-state index contributed by atoms with van der Waals surface area (Å²) in [7, 11) is -2.49. The summed E-state index contributed by atoms with van der Waals surface area (Å²) in [5.41, 5.74) is 16.6. The molecule has 0 bridgehead atoms. The zero-order valence-corrected chi connectivity index (χ0v) is 28.6. The van der Waals surface area contributed by atoms with Gasteiger partial charge in [0.15, 0.2) is 0 Å². The van der Waals surface area contributed by atoms with Crippen molar-refractivity contribution in [1.29, 1.82) is 0 Å². The second-order valence-corrected chi connectivity index (χ2v) is 18.7. The number of nitrogens with one attached hydrogen (secondary N) is 1. The van der Waals surface area contributed by atoms with Crippen molar-refractivity contribution in [2.45, 2.75) is 104 Å². The van der Waals surface area contributed by atoms with Crippen LogP contribution in [0.1, 0.15) is 73.1 Å². The molecule has 2 aliphatic heterocycles. The number of aromatic nitrogens is 1. The van der Waals surface area contributed by atoms with E-state index < -0.39 is 26.6 Å². The molecule has 0 saturated carbocycles. The third-order valence-electron chi connectivity index (χ3n) is 9.25. The van der Waals surface area contributed by atoms with E-state index in [2.05, 4.69) is 51.8 Å². The molecule has 5 N–H and O–H groups in total. The van der Waals surface area contributed by atoms with Crippen molar-refractivity contribution in [1.82, 2.24) is 4.98 Å². The zero-order valence-electron chi connectivity index (χ0n) is 27.6. The molecule has 11 heteroatoms. The molecule has 1 aromatic carbocycles. The predicted octanol–water partition coefficient (Wildman–Crippen LogP) is 5.37. The number of hydrogen-bond acceptors (Lipinski definition) is 7. The molecule has 0 unspecified atom stereocenters. The van der Waals surface area contributed by atoms with Gasteiger partial charge in [-0.1, -0.05) is 27.7 Å². The van der Waals surface area contributed by atoms with Crippen molar-refractivity contribution in [3.05, 3.63) is 53.5 Å². The number of nitrogens with two attached hydrogens (primary N) is 2. The lowest BCUT2D eigenvalue weighted by Crippen LogP contribution is -2.43. The highest BCUT2D eigenvalue weighted by Gasteiger charge is 2.52. The molecule has 2 saturated heterocycles. The maximum Gasteiger partial charge on any atom is 0.496 e. The summed E-state index contributed by atoms with van der Waals surface area (Å²) in [5.74, 6) is 1.14. The summed E-state index contributed by atoms with van der Waals surface area (Å²) < 4.78 is 24.7. The Kier molecular flexibility index (Phi) is 9.42. The van der Waals surface area contributed by atoms with Gasteiger partial charge in [-0.05, 0) is 88.5 Å². The number of hydrogen-bond donors (Lipinski definition) is 3. The van der Waals surface area contributed by atoms with Crippen molar-refractivity contribution >= 4 is 38.1 Å². The van der Waals surface area contributed by atoms with E-state index in [4.69, 9.17) is 39.9 Å².